The molecule has 110 valence electrons. The summed E-state index contributed by atoms with van der Waals surface area (Å²) in [5, 5.41) is 8.97. The zero-order valence-electron chi connectivity index (χ0n) is 10.7. The largest absolute Gasteiger partial charge is 0.477 e. The number of thiophene rings is 1. The normalized spacial score (nSPS) is 20.1. The number of nitrogens with zero attached hydrogens (tertiary/aromatic N) is 1. The van der Waals surface area contributed by atoms with E-state index in [1.54, 1.807) is 6.92 Å². The van der Waals surface area contributed by atoms with E-state index in [-0.39, 0.29) is 22.2 Å². The molecule has 2 rings (SSSR count). The third-order valence-corrected chi connectivity index (χ3v) is 6.78. The number of carbonyl (C=O) groups excluding carboxylic acids is 1. The number of primary amides is 1. The molecular formula is C11H14N2O5S2. The number of sulfonamides is 1. The van der Waals surface area contributed by atoms with E-state index in [9.17, 15) is 18.0 Å². The number of hydrogen-bond donors (Lipinski definition) is 2. The number of nitrogens with two attached hydrogens (primary N) is 1. The Morgan fingerprint density at radius 1 is 1.50 bits per heavy atom. The highest BCUT2D eigenvalue weighted by Crippen LogP contribution is 2.31. The van der Waals surface area contributed by atoms with E-state index < -0.39 is 27.8 Å². The molecule has 1 aliphatic heterocycles. The van der Waals surface area contributed by atoms with Crippen molar-refractivity contribution in [2.45, 2.75) is 17.6 Å². The number of aromatic carboxylic acids is 1. The van der Waals surface area contributed by atoms with E-state index in [1.807, 2.05) is 0 Å². The fraction of sp³-hybridized carbons (Fsp3) is 0.455. The van der Waals surface area contributed by atoms with E-state index in [2.05, 4.69) is 0 Å². The van der Waals surface area contributed by atoms with Gasteiger partial charge in [0.2, 0.25) is 5.91 Å². The van der Waals surface area contributed by atoms with Crippen molar-refractivity contribution in [3.05, 3.63) is 16.5 Å². The van der Waals surface area contributed by atoms with Crippen molar-refractivity contribution in [1.82, 2.24) is 4.31 Å². The Morgan fingerprint density at radius 3 is 2.60 bits per heavy atom. The first kappa shape index (κ1) is 14.9. The SMILES string of the molecule is Cc1cc(S(=O)(=O)N2CCC(C(N)=O)C2)sc1C(=O)O. The van der Waals surface area contributed by atoms with Gasteiger partial charge in [0, 0.05) is 13.1 Å². The Kier molecular flexibility index (Phi) is 3.85. The molecule has 1 fully saturated rings. The topological polar surface area (TPSA) is 118 Å². The van der Waals surface area contributed by atoms with Crippen LogP contribution in [0.4, 0.5) is 0 Å². The Morgan fingerprint density at radius 2 is 2.15 bits per heavy atom. The minimum Gasteiger partial charge on any atom is -0.477 e. The van der Waals surface area contributed by atoms with Gasteiger partial charge in [0.05, 0.1) is 5.92 Å². The van der Waals surface area contributed by atoms with Crippen molar-refractivity contribution >= 4 is 33.2 Å². The summed E-state index contributed by atoms with van der Waals surface area (Å²) < 4.78 is 25.9. The zero-order valence-corrected chi connectivity index (χ0v) is 12.3. The predicted molar refractivity (Wildman–Crippen MR) is 72.1 cm³/mol. The Balaban J connectivity index is 2.30. The lowest BCUT2D eigenvalue weighted by molar-refractivity contribution is -0.121. The van der Waals surface area contributed by atoms with Crippen LogP contribution in [0.15, 0.2) is 10.3 Å². The summed E-state index contributed by atoms with van der Waals surface area (Å²) in [5.74, 6) is -2.15. The van der Waals surface area contributed by atoms with Crippen LogP contribution in [0.3, 0.4) is 0 Å². The minimum atomic E-state index is -3.76. The number of carboxylic acids is 1. The number of rotatable bonds is 4. The van der Waals surface area contributed by atoms with Crippen molar-refractivity contribution in [3.63, 3.8) is 0 Å². The molecule has 0 bridgehead atoms. The fourth-order valence-corrected chi connectivity index (χ4v) is 5.13. The van der Waals surface area contributed by atoms with Gasteiger partial charge in [-0.05, 0) is 25.0 Å². The molecule has 0 radical (unpaired) electrons. The first-order valence-electron chi connectivity index (χ1n) is 5.86. The van der Waals surface area contributed by atoms with Gasteiger partial charge in [-0.15, -0.1) is 11.3 Å². The molecule has 7 nitrogen and oxygen atoms in total. The van der Waals surface area contributed by atoms with Gasteiger partial charge >= 0.3 is 5.97 Å². The van der Waals surface area contributed by atoms with Gasteiger partial charge in [0.1, 0.15) is 9.09 Å². The Labute approximate surface area is 120 Å². The zero-order chi connectivity index (χ0) is 15.1. The van der Waals surface area contributed by atoms with Crippen LogP contribution in [0.25, 0.3) is 0 Å². The molecule has 0 spiro atoms. The smallest absolute Gasteiger partial charge is 0.346 e. The molecular weight excluding hydrogens is 304 g/mol. The van der Waals surface area contributed by atoms with Gasteiger partial charge in [0.15, 0.2) is 0 Å². The van der Waals surface area contributed by atoms with Crippen molar-refractivity contribution in [1.29, 1.82) is 0 Å². The summed E-state index contributed by atoms with van der Waals surface area (Å²) in [4.78, 5) is 22.1. The molecule has 0 aromatic carbocycles. The van der Waals surface area contributed by atoms with Gasteiger partial charge in [-0.3, -0.25) is 4.79 Å². The monoisotopic (exact) mass is 318 g/mol. The summed E-state index contributed by atoms with van der Waals surface area (Å²) in [5.41, 5.74) is 5.58. The second-order valence-corrected chi connectivity index (χ2v) is 7.85. The lowest BCUT2D eigenvalue weighted by Gasteiger charge is -2.14. The summed E-state index contributed by atoms with van der Waals surface area (Å²) in [7, 11) is -3.76. The highest BCUT2D eigenvalue weighted by Gasteiger charge is 2.36. The third kappa shape index (κ3) is 2.56. The standard InChI is InChI=1S/C11H14N2O5S2/c1-6-4-8(19-9(6)11(15)16)20(17,18)13-3-2-7(5-13)10(12)14/h4,7H,2-3,5H2,1H3,(H2,12,14)(H,15,16). The number of carbonyl (C=O) groups is 2. The van der Waals surface area contributed by atoms with Crippen molar-refractivity contribution in [2.24, 2.45) is 11.7 Å². The first-order chi connectivity index (χ1) is 9.23. The number of carboxylic acid groups (broad SMARTS) is 1. The molecule has 0 aliphatic carbocycles. The highest BCUT2D eigenvalue weighted by atomic mass is 32.2. The molecule has 1 saturated heterocycles. The van der Waals surface area contributed by atoms with E-state index in [1.165, 1.54) is 10.4 Å². The molecule has 1 aromatic rings. The molecule has 1 atom stereocenters. The van der Waals surface area contributed by atoms with Crippen LogP contribution in [0.5, 0.6) is 0 Å². The number of amides is 1. The number of hydrogen-bond acceptors (Lipinski definition) is 5. The molecule has 2 heterocycles. The molecule has 1 amide bonds. The quantitative estimate of drug-likeness (QED) is 0.825. The first-order valence-corrected chi connectivity index (χ1v) is 8.12. The van der Waals surface area contributed by atoms with Crippen molar-refractivity contribution in [3.8, 4) is 0 Å². The average Bonchev–Trinajstić information content (AvgIpc) is 2.94. The third-order valence-electron chi connectivity index (χ3n) is 3.24. The van der Waals surface area contributed by atoms with Crippen molar-refractivity contribution < 1.29 is 23.1 Å². The summed E-state index contributed by atoms with van der Waals surface area (Å²) in [6, 6.07) is 1.35. The second kappa shape index (κ2) is 5.15. The molecule has 3 N–H and O–H groups in total. The maximum absolute atomic E-state index is 12.4. The second-order valence-electron chi connectivity index (χ2n) is 4.63. The minimum absolute atomic E-state index is 0.00854. The molecule has 9 heteroatoms. The van der Waals surface area contributed by atoms with Crippen LogP contribution in [-0.4, -0.2) is 42.8 Å². The van der Waals surface area contributed by atoms with Gasteiger partial charge in [-0.25, -0.2) is 13.2 Å². The molecule has 1 unspecified atom stereocenters. The van der Waals surface area contributed by atoms with Gasteiger partial charge < -0.3 is 10.8 Å². The Hall–Kier alpha value is -1.45. The van der Waals surface area contributed by atoms with Crippen LogP contribution in [-0.2, 0) is 14.8 Å². The van der Waals surface area contributed by atoms with Crippen LogP contribution in [0.2, 0.25) is 0 Å². The maximum atomic E-state index is 12.4. The average molecular weight is 318 g/mol. The van der Waals surface area contributed by atoms with Gasteiger partial charge in [0.25, 0.3) is 10.0 Å². The lowest BCUT2D eigenvalue weighted by Crippen LogP contribution is -2.31. The van der Waals surface area contributed by atoms with E-state index in [4.69, 9.17) is 10.8 Å². The highest BCUT2D eigenvalue weighted by molar-refractivity contribution is 7.91. The summed E-state index contributed by atoms with van der Waals surface area (Å²) >= 11 is 0.726. The van der Waals surface area contributed by atoms with E-state index in [0.717, 1.165) is 11.3 Å². The van der Waals surface area contributed by atoms with Crippen LogP contribution in [0, 0.1) is 12.8 Å². The van der Waals surface area contributed by atoms with Crippen LogP contribution in [0.1, 0.15) is 21.7 Å². The molecule has 1 aliphatic rings. The van der Waals surface area contributed by atoms with Crippen LogP contribution < -0.4 is 5.73 Å². The van der Waals surface area contributed by atoms with E-state index >= 15 is 0 Å². The van der Waals surface area contributed by atoms with E-state index in [0.29, 0.717) is 12.0 Å². The summed E-state index contributed by atoms with van der Waals surface area (Å²) in [6.45, 7) is 1.82. The lowest BCUT2D eigenvalue weighted by atomic mass is 10.1. The fourth-order valence-electron chi connectivity index (χ4n) is 2.10. The molecule has 20 heavy (non-hydrogen) atoms. The Bertz CT molecular complexity index is 664. The predicted octanol–water partition coefficient (Wildman–Crippen LogP) is 0.251. The molecule has 0 saturated carbocycles. The van der Waals surface area contributed by atoms with Crippen molar-refractivity contribution in [2.75, 3.05) is 13.1 Å². The van der Waals surface area contributed by atoms with Gasteiger partial charge in [-0.2, -0.15) is 4.31 Å². The van der Waals surface area contributed by atoms with Gasteiger partial charge in [-0.1, -0.05) is 0 Å². The number of aryl methyl sites for hydroxylation is 1. The van der Waals surface area contributed by atoms with Crippen LogP contribution >= 0.6 is 11.3 Å². The summed E-state index contributed by atoms with van der Waals surface area (Å²) in [6.07, 6.45) is 0.394. The maximum Gasteiger partial charge on any atom is 0.346 e. The molecule has 1 aromatic heterocycles.